The summed E-state index contributed by atoms with van der Waals surface area (Å²) in [4.78, 5) is 12.3. The molecule has 3 heterocycles. The maximum Gasteiger partial charge on any atom is 0.0594 e. The van der Waals surface area contributed by atoms with Crippen molar-refractivity contribution < 1.29 is 4.74 Å². The summed E-state index contributed by atoms with van der Waals surface area (Å²) in [5.74, 6) is 0. The third-order valence-corrected chi connectivity index (χ3v) is 15.8. The minimum atomic E-state index is 0. The molecular weight excluding hydrogens is 1010 g/mol. The summed E-state index contributed by atoms with van der Waals surface area (Å²) in [6.07, 6.45) is 3.69. The molecule has 0 aromatic heterocycles. The highest BCUT2D eigenvalue weighted by Gasteiger charge is 2.22. The molecule has 7 nitrogen and oxygen atoms in total. The van der Waals surface area contributed by atoms with Crippen molar-refractivity contribution in [2.75, 3.05) is 93.3 Å². The largest absolute Gasteiger partial charge is 0.379 e. The Balaban J connectivity index is 0.000000272. The molecule has 3 fully saturated rings. The molecule has 1 N–H and O–H groups in total. The van der Waals surface area contributed by atoms with E-state index in [1.807, 2.05) is 7.05 Å². The monoisotopic (exact) mass is 1130 g/mol. The molecule has 0 radical (unpaired) electrons. The number of benzene rings is 5. The van der Waals surface area contributed by atoms with Crippen molar-refractivity contribution in [3.63, 3.8) is 0 Å². The molecule has 0 spiro atoms. The molecule has 8 rings (SSSR count). The lowest BCUT2D eigenvalue weighted by molar-refractivity contribution is 0.0340. The van der Waals surface area contributed by atoms with Gasteiger partial charge in [0.05, 0.1) is 13.2 Å². The minimum Gasteiger partial charge on any atom is -0.379 e. The summed E-state index contributed by atoms with van der Waals surface area (Å²) >= 11 is 0. The fraction of sp³-hybridized carbons (Fsp3) is 0.579. The maximum absolute atomic E-state index is 5.39. The molecule has 7 heteroatoms. The van der Waals surface area contributed by atoms with Crippen molar-refractivity contribution in [3.05, 3.63) is 189 Å². The van der Waals surface area contributed by atoms with Gasteiger partial charge in [0, 0.05) is 78.5 Å². The zero-order valence-corrected chi connectivity index (χ0v) is 55.8. The second-order valence-electron chi connectivity index (χ2n) is 29.0. The number of nitrogens with zero attached hydrogens (tertiary/aromatic N) is 5. The normalized spacial score (nSPS) is 16.0. The number of rotatable bonds is 12. The number of ether oxygens (including phenoxy) is 1. The number of likely N-dealkylation sites (tertiary alicyclic amines) is 1. The van der Waals surface area contributed by atoms with Gasteiger partial charge in [-0.3, -0.25) is 14.7 Å². The number of nitrogens with one attached hydrogen (secondary N) is 1. The van der Waals surface area contributed by atoms with Gasteiger partial charge in [0.2, 0.25) is 0 Å². The van der Waals surface area contributed by atoms with E-state index in [9.17, 15) is 0 Å². The Morgan fingerprint density at radius 3 is 1.49 bits per heavy atom. The Morgan fingerprint density at radius 1 is 0.506 bits per heavy atom. The van der Waals surface area contributed by atoms with Gasteiger partial charge in [0.25, 0.3) is 0 Å². The molecular formula is C76H122N6O. The van der Waals surface area contributed by atoms with E-state index in [1.54, 1.807) is 0 Å². The minimum absolute atomic E-state index is 0. The average molecular weight is 1140 g/mol. The van der Waals surface area contributed by atoms with Gasteiger partial charge in [-0.15, -0.1) is 0 Å². The number of morpholine rings is 1. The number of piperazine rings is 1. The van der Waals surface area contributed by atoms with Crippen molar-refractivity contribution in [2.45, 2.75) is 197 Å². The molecule has 462 valence electrons. The molecule has 83 heavy (non-hydrogen) atoms. The van der Waals surface area contributed by atoms with Crippen LogP contribution in [-0.2, 0) is 64.5 Å². The molecule has 0 bridgehead atoms. The molecule has 0 atom stereocenters. The second kappa shape index (κ2) is 34.6. The van der Waals surface area contributed by atoms with Gasteiger partial charge in [0.1, 0.15) is 0 Å². The van der Waals surface area contributed by atoms with E-state index >= 15 is 0 Å². The number of hydrogen-bond acceptors (Lipinski definition) is 7. The topological polar surface area (TPSA) is 37.5 Å². The highest BCUT2D eigenvalue weighted by molar-refractivity contribution is 5.34. The third-order valence-electron chi connectivity index (χ3n) is 15.8. The van der Waals surface area contributed by atoms with Gasteiger partial charge in [-0.25, -0.2) is 0 Å². The Labute approximate surface area is 511 Å². The summed E-state index contributed by atoms with van der Waals surface area (Å²) < 4.78 is 5.39. The first-order chi connectivity index (χ1) is 38.4. The predicted octanol–water partition coefficient (Wildman–Crippen LogP) is 16.8. The maximum atomic E-state index is 5.39. The summed E-state index contributed by atoms with van der Waals surface area (Å²) in [7, 11) is 6.37. The van der Waals surface area contributed by atoms with Crippen molar-refractivity contribution in [1.29, 1.82) is 0 Å². The van der Waals surface area contributed by atoms with Crippen LogP contribution in [0.25, 0.3) is 0 Å². The lowest BCUT2D eigenvalue weighted by Gasteiger charge is -2.32. The molecule has 0 unspecified atom stereocenters. The van der Waals surface area contributed by atoms with Gasteiger partial charge < -0.3 is 19.9 Å². The van der Waals surface area contributed by atoms with Crippen LogP contribution in [0.1, 0.15) is 193 Å². The summed E-state index contributed by atoms with van der Waals surface area (Å²) in [5.41, 5.74) is 16.8. The van der Waals surface area contributed by atoms with E-state index in [2.05, 4.69) is 283 Å². The van der Waals surface area contributed by atoms with Crippen LogP contribution in [0.5, 0.6) is 0 Å². The first-order valence-electron chi connectivity index (χ1n) is 31.3. The van der Waals surface area contributed by atoms with Gasteiger partial charge in [-0.05, 0) is 136 Å². The van der Waals surface area contributed by atoms with E-state index in [0.29, 0.717) is 0 Å². The fourth-order valence-electron chi connectivity index (χ4n) is 10.6. The predicted molar refractivity (Wildman–Crippen MR) is 364 cm³/mol. The number of piperidine rings is 1. The zero-order valence-electron chi connectivity index (χ0n) is 55.8. The van der Waals surface area contributed by atoms with E-state index in [4.69, 9.17) is 4.74 Å². The van der Waals surface area contributed by atoms with Crippen LogP contribution in [0, 0.1) is 0 Å². The average Bonchev–Trinajstić information content (AvgIpc) is 3.56. The number of likely N-dealkylation sites (N-methyl/N-ethyl adjacent to an activating group) is 1. The van der Waals surface area contributed by atoms with Crippen LogP contribution in [0.15, 0.2) is 133 Å². The zero-order chi connectivity index (χ0) is 60.7. The molecule has 0 saturated carbocycles. The quantitative estimate of drug-likeness (QED) is 0.125. The number of hydrogen-bond donors (Lipinski definition) is 1. The lowest BCUT2D eigenvalue weighted by Crippen LogP contribution is -2.43. The van der Waals surface area contributed by atoms with Crippen LogP contribution in [0.4, 0.5) is 0 Å². The lowest BCUT2D eigenvalue weighted by atomic mass is 9.83. The van der Waals surface area contributed by atoms with Crippen LogP contribution < -0.4 is 5.32 Å². The van der Waals surface area contributed by atoms with Gasteiger partial charge in [-0.1, -0.05) is 252 Å². The smallest absolute Gasteiger partial charge is 0.0594 e. The third kappa shape index (κ3) is 27.6. The SMILES string of the molecule is C.C=C1CCCN(Cc2cccc(C(C)(C)C)c2)C1.CC(C)(C)c1ccccc1CN1CCOCC1.CCCN(C)Cc1cccc(C(C)(C)C)c1.CN1CCN(Cc2ccc(C(C)(C)C)cc2)CC1.CNCc1cccc(C(C)(C)C)c1. The Hall–Kier alpha value is -4.44. The van der Waals surface area contributed by atoms with Gasteiger partial charge in [-0.2, -0.15) is 0 Å². The van der Waals surface area contributed by atoms with Crippen LogP contribution in [0.2, 0.25) is 0 Å². The Morgan fingerprint density at radius 2 is 0.988 bits per heavy atom. The van der Waals surface area contributed by atoms with Crippen LogP contribution >= 0.6 is 0 Å². The summed E-state index contributed by atoms with van der Waals surface area (Å²) in [6.45, 7) is 57.6. The molecule has 0 amide bonds. The van der Waals surface area contributed by atoms with Crippen molar-refractivity contribution >= 4 is 0 Å². The van der Waals surface area contributed by atoms with E-state index in [-0.39, 0.29) is 34.5 Å². The van der Waals surface area contributed by atoms with Crippen molar-refractivity contribution in [1.82, 2.24) is 29.8 Å². The van der Waals surface area contributed by atoms with E-state index in [0.717, 1.165) is 65.6 Å². The van der Waals surface area contributed by atoms with Gasteiger partial charge in [0.15, 0.2) is 0 Å². The Bertz CT molecular complexity index is 2590. The standard InChI is InChI=1S/C17H25N.C16H26N2.C15H23NO.C15H25N.C12H19N.CH4/c1-14-7-6-10-18(12-14)13-15-8-5-9-16(11-15)17(2,3)4;1-16(2,3)15-7-5-14(6-8-15)13-18-11-9-17(4)10-12-18;1-15(2,3)14-7-5-4-6-13(14)12-16-8-10-17-11-9-16;1-6-10-16(5)12-13-8-7-9-14(11-13)15(2,3)4;1-12(2,3)11-7-5-6-10(8-11)9-13-4;/h5,8-9,11H,1,6-7,10,12-13H2,2-4H3;5-8H,9-13H2,1-4H3;4-7H,8-12H2,1-3H3;7-9,11H,6,10,12H2,1-5H3;5-8,13H,9H2,1-4H3;1H4. The molecule has 5 aromatic rings. The molecule has 0 aliphatic carbocycles. The first kappa shape index (κ1) is 72.8. The Kier molecular flexibility index (Phi) is 30.4. The van der Waals surface area contributed by atoms with E-state index in [1.165, 1.54) is 120 Å². The molecule has 5 aromatic carbocycles. The van der Waals surface area contributed by atoms with Crippen molar-refractivity contribution in [2.24, 2.45) is 0 Å². The van der Waals surface area contributed by atoms with E-state index < -0.39 is 0 Å². The molecule has 3 saturated heterocycles. The van der Waals surface area contributed by atoms with Crippen molar-refractivity contribution in [3.8, 4) is 0 Å². The summed E-state index contributed by atoms with van der Waals surface area (Å²) in [5, 5.41) is 3.16. The molecule has 3 aliphatic rings. The summed E-state index contributed by atoms with van der Waals surface area (Å²) in [6, 6.07) is 44.7. The first-order valence-corrected chi connectivity index (χ1v) is 31.3. The second-order valence-corrected chi connectivity index (χ2v) is 29.0. The van der Waals surface area contributed by atoms with Crippen LogP contribution in [0.3, 0.4) is 0 Å². The highest BCUT2D eigenvalue weighted by atomic mass is 16.5. The molecule has 3 aliphatic heterocycles. The van der Waals surface area contributed by atoms with Gasteiger partial charge >= 0.3 is 0 Å². The highest BCUT2D eigenvalue weighted by Crippen LogP contribution is 2.29. The fourth-order valence-corrected chi connectivity index (χ4v) is 10.6. The van der Waals surface area contributed by atoms with Crippen LogP contribution in [-0.4, -0.2) is 118 Å².